The highest BCUT2D eigenvalue weighted by atomic mass is 32.2. The van der Waals surface area contributed by atoms with Gasteiger partial charge in [0.2, 0.25) is 0 Å². The number of hydrogen-bond donors (Lipinski definition) is 0. The molecule has 0 aromatic heterocycles. The van der Waals surface area contributed by atoms with Crippen LogP contribution in [-0.4, -0.2) is 13.9 Å². The van der Waals surface area contributed by atoms with E-state index in [0.717, 1.165) is 5.56 Å². The Kier molecular flexibility index (Phi) is 3.83. The SMILES string of the molecule is Cc1cccc(COS(=O)(=O)C(F)(F)F)c1C. The molecule has 0 N–H and O–H groups in total. The van der Waals surface area contributed by atoms with Crippen molar-refractivity contribution in [1.29, 1.82) is 0 Å². The Morgan fingerprint density at radius 1 is 1.24 bits per heavy atom. The van der Waals surface area contributed by atoms with Crippen molar-refractivity contribution in [2.24, 2.45) is 0 Å². The van der Waals surface area contributed by atoms with E-state index < -0.39 is 22.2 Å². The van der Waals surface area contributed by atoms with E-state index in [1.807, 2.05) is 0 Å². The highest BCUT2D eigenvalue weighted by Gasteiger charge is 2.47. The van der Waals surface area contributed by atoms with Crippen molar-refractivity contribution in [3.8, 4) is 0 Å². The van der Waals surface area contributed by atoms with Crippen molar-refractivity contribution >= 4 is 10.1 Å². The molecule has 1 aromatic rings. The lowest BCUT2D eigenvalue weighted by molar-refractivity contribution is -0.0548. The van der Waals surface area contributed by atoms with Crippen LogP contribution >= 0.6 is 0 Å². The average molecular weight is 268 g/mol. The molecule has 0 amide bonds. The van der Waals surface area contributed by atoms with Crippen molar-refractivity contribution in [1.82, 2.24) is 0 Å². The predicted molar refractivity (Wildman–Crippen MR) is 55.7 cm³/mol. The molecule has 0 aliphatic heterocycles. The van der Waals surface area contributed by atoms with Gasteiger partial charge in [-0.05, 0) is 30.5 Å². The largest absolute Gasteiger partial charge is 0.523 e. The zero-order valence-electron chi connectivity index (χ0n) is 9.21. The van der Waals surface area contributed by atoms with Crippen molar-refractivity contribution in [2.45, 2.75) is 26.0 Å². The fourth-order valence-corrected chi connectivity index (χ4v) is 1.59. The Morgan fingerprint density at radius 3 is 2.35 bits per heavy atom. The lowest BCUT2D eigenvalue weighted by Crippen LogP contribution is -2.25. The van der Waals surface area contributed by atoms with E-state index in [-0.39, 0.29) is 0 Å². The van der Waals surface area contributed by atoms with Gasteiger partial charge in [-0.1, -0.05) is 18.2 Å². The fourth-order valence-electron chi connectivity index (χ4n) is 1.18. The monoisotopic (exact) mass is 268 g/mol. The second kappa shape index (κ2) is 4.66. The molecular weight excluding hydrogens is 257 g/mol. The predicted octanol–water partition coefficient (Wildman–Crippen LogP) is 2.67. The van der Waals surface area contributed by atoms with Crippen LogP contribution in [0.1, 0.15) is 16.7 Å². The third-order valence-corrected chi connectivity index (χ3v) is 3.36. The van der Waals surface area contributed by atoms with E-state index >= 15 is 0 Å². The summed E-state index contributed by atoms with van der Waals surface area (Å²) in [7, 11) is -5.53. The zero-order valence-corrected chi connectivity index (χ0v) is 10.0. The van der Waals surface area contributed by atoms with E-state index in [9.17, 15) is 21.6 Å². The summed E-state index contributed by atoms with van der Waals surface area (Å²) in [6.45, 7) is 2.85. The van der Waals surface area contributed by atoms with Crippen LogP contribution in [0.25, 0.3) is 0 Å². The van der Waals surface area contributed by atoms with Gasteiger partial charge in [-0.15, -0.1) is 0 Å². The van der Waals surface area contributed by atoms with Gasteiger partial charge >= 0.3 is 15.6 Å². The molecule has 0 radical (unpaired) electrons. The standard InChI is InChI=1S/C10H11F3O3S/c1-7-4-3-5-9(8(7)2)6-16-17(14,15)10(11,12)13/h3-5H,6H2,1-2H3. The van der Waals surface area contributed by atoms with Crippen LogP contribution in [0.2, 0.25) is 0 Å². The minimum Gasteiger partial charge on any atom is -0.258 e. The average Bonchev–Trinajstić information content (AvgIpc) is 2.18. The van der Waals surface area contributed by atoms with Gasteiger partial charge < -0.3 is 0 Å². The minimum absolute atomic E-state index is 0.415. The maximum Gasteiger partial charge on any atom is 0.523 e. The summed E-state index contributed by atoms with van der Waals surface area (Å²) in [6, 6.07) is 4.92. The molecule has 0 bridgehead atoms. The molecule has 0 aliphatic carbocycles. The Labute approximate surface area is 97.3 Å². The molecule has 0 spiro atoms. The number of hydrogen-bond acceptors (Lipinski definition) is 3. The molecule has 1 rings (SSSR count). The van der Waals surface area contributed by atoms with Crippen LogP contribution in [0.5, 0.6) is 0 Å². The van der Waals surface area contributed by atoms with Gasteiger partial charge in [-0.2, -0.15) is 21.6 Å². The van der Waals surface area contributed by atoms with Crippen molar-refractivity contribution in [3.05, 3.63) is 34.9 Å². The molecule has 0 saturated heterocycles. The molecule has 17 heavy (non-hydrogen) atoms. The number of benzene rings is 1. The van der Waals surface area contributed by atoms with Crippen LogP contribution in [0, 0.1) is 13.8 Å². The minimum atomic E-state index is -5.53. The van der Waals surface area contributed by atoms with E-state index in [0.29, 0.717) is 11.1 Å². The van der Waals surface area contributed by atoms with Gasteiger partial charge in [0.1, 0.15) is 0 Å². The lowest BCUT2D eigenvalue weighted by atomic mass is 10.0. The second-order valence-electron chi connectivity index (χ2n) is 3.52. The molecule has 96 valence electrons. The number of rotatable bonds is 3. The molecule has 1 aromatic carbocycles. The maximum absolute atomic E-state index is 12.0. The molecule has 0 saturated carbocycles. The zero-order chi connectivity index (χ0) is 13.3. The second-order valence-corrected chi connectivity index (χ2v) is 5.13. The first-order chi connectivity index (χ1) is 7.65. The molecule has 0 unspecified atom stereocenters. The van der Waals surface area contributed by atoms with Crippen LogP contribution in [0.15, 0.2) is 18.2 Å². The summed E-state index contributed by atoms with van der Waals surface area (Å²) >= 11 is 0. The van der Waals surface area contributed by atoms with Gasteiger partial charge in [0.25, 0.3) is 0 Å². The first kappa shape index (κ1) is 14.0. The molecular formula is C10H11F3O3S. The van der Waals surface area contributed by atoms with Crippen LogP contribution in [0.4, 0.5) is 13.2 Å². The van der Waals surface area contributed by atoms with Gasteiger partial charge in [-0.3, -0.25) is 4.18 Å². The van der Waals surface area contributed by atoms with E-state index in [2.05, 4.69) is 4.18 Å². The van der Waals surface area contributed by atoms with Crippen LogP contribution < -0.4 is 0 Å². The topological polar surface area (TPSA) is 43.4 Å². The van der Waals surface area contributed by atoms with E-state index in [4.69, 9.17) is 0 Å². The molecule has 3 nitrogen and oxygen atoms in total. The molecule has 0 aliphatic rings. The molecule has 7 heteroatoms. The first-order valence-corrected chi connectivity index (χ1v) is 6.07. The van der Waals surface area contributed by atoms with E-state index in [1.165, 1.54) is 6.07 Å². The maximum atomic E-state index is 12.0. The van der Waals surface area contributed by atoms with Gasteiger partial charge in [0, 0.05) is 0 Å². The Morgan fingerprint density at radius 2 is 1.82 bits per heavy atom. The third-order valence-electron chi connectivity index (χ3n) is 2.37. The summed E-state index contributed by atoms with van der Waals surface area (Å²) in [5.41, 5.74) is -3.40. The van der Waals surface area contributed by atoms with Crippen LogP contribution in [0.3, 0.4) is 0 Å². The summed E-state index contributed by atoms with van der Waals surface area (Å²) < 4.78 is 61.3. The third kappa shape index (κ3) is 3.19. The summed E-state index contributed by atoms with van der Waals surface area (Å²) in [6.07, 6.45) is 0. The van der Waals surface area contributed by atoms with Gasteiger partial charge in [0.05, 0.1) is 6.61 Å². The Hall–Kier alpha value is -1.08. The highest BCUT2D eigenvalue weighted by molar-refractivity contribution is 7.87. The molecule has 0 fully saturated rings. The quantitative estimate of drug-likeness (QED) is 0.625. The molecule has 0 atom stereocenters. The highest BCUT2D eigenvalue weighted by Crippen LogP contribution is 2.26. The fraction of sp³-hybridized carbons (Fsp3) is 0.400. The summed E-state index contributed by atoms with van der Waals surface area (Å²) in [4.78, 5) is 0. The lowest BCUT2D eigenvalue weighted by Gasteiger charge is -2.11. The van der Waals surface area contributed by atoms with Crippen molar-refractivity contribution in [2.75, 3.05) is 0 Å². The van der Waals surface area contributed by atoms with Crippen molar-refractivity contribution < 1.29 is 25.8 Å². The van der Waals surface area contributed by atoms with Crippen LogP contribution in [-0.2, 0) is 20.9 Å². The smallest absolute Gasteiger partial charge is 0.258 e. The number of alkyl halides is 3. The first-order valence-electron chi connectivity index (χ1n) is 4.66. The molecule has 0 heterocycles. The van der Waals surface area contributed by atoms with Gasteiger partial charge in [-0.25, -0.2) is 0 Å². The van der Waals surface area contributed by atoms with E-state index in [1.54, 1.807) is 26.0 Å². The summed E-state index contributed by atoms with van der Waals surface area (Å²) in [5.74, 6) is 0. The Balaban J connectivity index is 2.86. The number of aryl methyl sites for hydroxylation is 1. The van der Waals surface area contributed by atoms with Gasteiger partial charge in [0.15, 0.2) is 0 Å². The Bertz CT molecular complexity index is 506. The van der Waals surface area contributed by atoms with Crippen molar-refractivity contribution in [3.63, 3.8) is 0 Å². The normalized spacial score (nSPS) is 12.8. The number of halogens is 3. The summed E-state index contributed by atoms with van der Waals surface area (Å²) in [5, 5.41) is 0.